The summed E-state index contributed by atoms with van der Waals surface area (Å²) in [4.78, 5) is 33.0. The second kappa shape index (κ2) is 9.61. The Kier molecular flexibility index (Phi) is 7.09. The van der Waals surface area contributed by atoms with E-state index in [2.05, 4.69) is 14.7 Å². The molecule has 9 nitrogen and oxygen atoms in total. The summed E-state index contributed by atoms with van der Waals surface area (Å²) in [7, 11) is 0. The molecule has 1 aromatic carbocycles. The number of ether oxygens (including phenoxy) is 2. The van der Waals surface area contributed by atoms with Gasteiger partial charge >= 0.3 is 6.61 Å². The Morgan fingerprint density at radius 1 is 1.34 bits per heavy atom. The lowest BCUT2D eigenvalue weighted by Gasteiger charge is -2.12. The molecule has 4 rings (SSSR count). The van der Waals surface area contributed by atoms with Gasteiger partial charge in [0.15, 0.2) is 23.0 Å². The van der Waals surface area contributed by atoms with Crippen LogP contribution >= 0.6 is 12.4 Å². The molecule has 32 heavy (non-hydrogen) atoms. The van der Waals surface area contributed by atoms with E-state index in [0.29, 0.717) is 18.1 Å². The number of aliphatic imine (C=N–C) groups is 1. The normalized spacial score (nSPS) is 16.3. The van der Waals surface area contributed by atoms with Crippen molar-refractivity contribution in [2.45, 2.75) is 32.4 Å². The minimum absolute atomic E-state index is 0. The van der Waals surface area contributed by atoms with E-state index in [4.69, 9.17) is 14.9 Å². The summed E-state index contributed by atoms with van der Waals surface area (Å²) in [5.41, 5.74) is 6.27. The maximum absolute atomic E-state index is 12.8. The first-order valence-corrected chi connectivity index (χ1v) is 9.68. The summed E-state index contributed by atoms with van der Waals surface area (Å²) in [6.45, 7) is -1.20. The van der Waals surface area contributed by atoms with Gasteiger partial charge in [0.05, 0.1) is 12.6 Å². The highest BCUT2D eigenvalue weighted by Gasteiger charge is 2.30. The molecule has 0 unspecified atom stereocenters. The number of halogens is 3. The highest BCUT2D eigenvalue weighted by Crippen LogP contribution is 2.37. The number of alkyl halides is 2. The van der Waals surface area contributed by atoms with Crippen molar-refractivity contribution in [3.63, 3.8) is 0 Å². The summed E-state index contributed by atoms with van der Waals surface area (Å²) in [5.74, 6) is -0.453. The highest BCUT2D eigenvalue weighted by molar-refractivity contribution is 6.07. The van der Waals surface area contributed by atoms with Crippen LogP contribution < -0.4 is 15.2 Å². The van der Waals surface area contributed by atoms with Gasteiger partial charge in [0.2, 0.25) is 5.89 Å². The van der Waals surface area contributed by atoms with Crippen LogP contribution in [0.4, 0.5) is 8.78 Å². The fourth-order valence-electron chi connectivity index (χ4n) is 2.98. The molecule has 1 atom stereocenters. The van der Waals surface area contributed by atoms with Crippen LogP contribution in [0.1, 0.15) is 42.1 Å². The van der Waals surface area contributed by atoms with Gasteiger partial charge in [-0.15, -0.1) is 12.4 Å². The van der Waals surface area contributed by atoms with Crippen molar-refractivity contribution in [1.82, 2.24) is 9.88 Å². The van der Waals surface area contributed by atoms with E-state index < -0.39 is 24.5 Å². The quantitative estimate of drug-likeness (QED) is 0.629. The highest BCUT2D eigenvalue weighted by atomic mass is 35.5. The Morgan fingerprint density at radius 3 is 2.69 bits per heavy atom. The second-order valence-corrected chi connectivity index (χ2v) is 7.39. The van der Waals surface area contributed by atoms with Crippen LogP contribution in [0.5, 0.6) is 11.5 Å². The molecule has 2 N–H and O–H groups in total. The smallest absolute Gasteiger partial charge is 0.387 e. The SMILES string of the molecule is C[C@H](N)c1oc(-c2ccc(OC(F)F)c(OCC3CC3)c2)nc1C(=O)N1C=NC(=O)C1.Cl. The first kappa shape index (κ1) is 23.6. The lowest BCUT2D eigenvalue weighted by atomic mass is 10.2. The first-order chi connectivity index (χ1) is 14.8. The van der Waals surface area contributed by atoms with Crippen LogP contribution in [0, 0.1) is 5.92 Å². The molecule has 1 saturated carbocycles. The van der Waals surface area contributed by atoms with E-state index in [1.54, 1.807) is 6.92 Å². The molecule has 2 aliphatic rings. The van der Waals surface area contributed by atoms with Gasteiger partial charge in [0, 0.05) is 5.56 Å². The summed E-state index contributed by atoms with van der Waals surface area (Å²) in [5, 5.41) is 0. The number of benzene rings is 1. The third kappa shape index (κ3) is 5.22. The molecule has 172 valence electrons. The molecule has 12 heteroatoms. The topological polar surface area (TPSA) is 120 Å². The Morgan fingerprint density at radius 2 is 2.09 bits per heavy atom. The predicted octanol–water partition coefficient (Wildman–Crippen LogP) is 3.18. The molecular weight excluding hydrogens is 450 g/mol. The first-order valence-electron chi connectivity index (χ1n) is 9.68. The lowest BCUT2D eigenvalue weighted by Crippen LogP contribution is -2.30. The zero-order valence-corrected chi connectivity index (χ0v) is 17.8. The van der Waals surface area contributed by atoms with Gasteiger partial charge < -0.3 is 19.6 Å². The van der Waals surface area contributed by atoms with Gasteiger partial charge in [-0.05, 0) is 43.9 Å². The number of amides is 2. The number of oxazole rings is 1. The third-order valence-electron chi connectivity index (χ3n) is 4.76. The van der Waals surface area contributed by atoms with Gasteiger partial charge in [0.1, 0.15) is 12.9 Å². The average Bonchev–Trinajstić information content (AvgIpc) is 3.27. The van der Waals surface area contributed by atoms with Crippen molar-refractivity contribution in [3.05, 3.63) is 29.7 Å². The molecule has 1 aliphatic carbocycles. The minimum atomic E-state index is -3.00. The number of nitrogens with two attached hydrogens (primary N) is 1. The molecule has 0 radical (unpaired) electrons. The standard InChI is InChI=1S/C20H20F2N4O5.ClH/c1-10(23)17-16(19(28)26-7-15(27)24-9-26)25-18(31-17)12-4-5-13(30-20(21)22)14(6-12)29-8-11-2-3-11;/h4-6,9-11,20H,2-3,7-8,23H2,1H3;1H/t10-;/m0./s1. The number of hydrogen-bond acceptors (Lipinski definition) is 7. The van der Waals surface area contributed by atoms with Crippen LogP contribution in [0.2, 0.25) is 0 Å². The fourth-order valence-corrected chi connectivity index (χ4v) is 2.98. The molecule has 0 bridgehead atoms. The Labute approximate surface area is 188 Å². The fraction of sp³-hybridized carbons (Fsp3) is 0.400. The monoisotopic (exact) mass is 470 g/mol. The zero-order chi connectivity index (χ0) is 22.1. The van der Waals surface area contributed by atoms with E-state index in [-0.39, 0.29) is 47.8 Å². The van der Waals surface area contributed by atoms with Crippen LogP contribution in [-0.4, -0.2) is 47.8 Å². The summed E-state index contributed by atoms with van der Waals surface area (Å²) in [6, 6.07) is 3.59. The van der Waals surface area contributed by atoms with Crippen LogP contribution in [0.25, 0.3) is 11.5 Å². The van der Waals surface area contributed by atoms with E-state index in [0.717, 1.165) is 24.1 Å². The van der Waals surface area contributed by atoms with Crippen molar-refractivity contribution in [3.8, 4) is 23.0 Å². The largest absolute Gasteiger partial charge is 0.489 e. The molecule has 1 aliphatic heterocycles. The number of nitrogens with zero attached hydrogens (tertiary/aromatic N) is 3. The van der Waals surface area contributed by atoms with E-state index in [1.807, 2.05) is 0 Å². The van der Waals surface area contributed by atoms with E-state index in [9.17, 15) is 18.4 Å². The van der Waals surface area contributed by atoms with Crippen LogP contribution in [-0.2, 0) is 4.79 Å². The summed E-state index contributed by atoms with van der Waals surface area (Å²) < 4.78 is 41.4. The number of carbonyl (C=O) groups is 2. The van der Waals surface area contributed by atoms with Gasteiger partial charge in [-0.2, -0.15) is 8.78 Å². The molecule has 2 amide bonds. The minimum Gasteiger partial charge on any atom is -0.489 e. The van der Waals surface area contributed by atoms with E-state index in [1.165, 1.54) is 18.2 Å². The molecule has 0 spiro atoms. The number of rotatable bonds is 8. The van der Waals surface area contributed by atoms with Gasteiger partial charge in [-0.3, -0.25) is 14.5 Å². The molecule has 1 fully saturated rings. The summed E-state index contributed by atoms with van der Waals surface area (Å²) in [6.07, 6.45) is 3.18. The second-order valence-electron chi connectivity index (χ2n) is 7.39. The van der Waals surface area contributed by atoms with Crippen LogP contribution in [0.15, 0.2) is 27.6 Å². The van der Waals surface area contributed by atoms with Crippen molar-refractivity contribution < 1.29 is 32.3 Å². The summed E-state index contributed by atoms with van der Waals surface area (Å²) >= 11 is 0. The Bertz CT molecular complexity index is 1040. The van der Waals surface area contributed by atoms with E-state index >= 15 is 0 Å². The Balaban J connectivity index is 0.00000289. The van der Waals surface area contributed by atoms with Crippen LogP contribution in [0.3, 0.4) is 0 Å². The van der Waals surface area contributed by atoms with Crippen molar-refractivity contribution >= 4 is 30.6 Å². The molecule has 1 aromatic heterocycles. The maximum Gasteiger partial charge on any atom is 0.387 e. The predicted molar refractivity (Wildman–Crippen MR) is 111 cm³/mol. The van der Waals surface area contributed by atoms with Crippen molar-refractivity contribution in [1.29, 1.82) is 0 Å². The third-order valence-corrected chi connectivity index (χ3v) is 4.76. The van der Waals surface area contributed by atoms with Gasteiger partial charge in [-0.1, -0.05) is 0 Å². The Hall–Kier alpha value is -3.05. The number of hydrogen-bond donors (Lipinski definition) is 1. The number of aromatic nitrogens is 1. The van der Waals surface area contributed by atoms with Crippen molar-refractivity contribution in [2.75, 3.05) is 13.2 Å². The van der Waals surface area contributed by atoms with Gasteiger partial charge in [0.25, 0.3) is 11.8 Å². The zero-order valence-electron chi connectivity index (χ0n) is 17.0. The van der Waals surface area contributed by atoms with Crippen molar-refractivity contribution in [2.24, 2.45) is 16.6 Å². The number of carbonyl (C=O) groups excluding carboxylic acids is 2. The average molecular weight is 471 g/mol. The molecule has 0 saturated heterocycles. The molecule has 2 heterocycles. The molecule has 2 aromatic rings. The maximum atomic E-state index is 12.8. The lowest BCUT2D eigenvalue weighted by molar-refractivity contribution is -0.116. The van der Waals surface area contributed by atoms with Gasteiger partial charge in [-0.25, -0.2) is 9.98 Å². The molecular formula is C20H21ClF2N4O5.